The Hall–Kier alpha value is -2.02. The maximum absolute atomic E-state index is 12.6. The molecule has 0 spiro atoms. The van der Waals surface area contributed by atoms with Gasteiger partial charge in [0.2, 0.25) is 0 Å². The first-order valence-corrected chi connectivity index (χ1v) is 10.2. The van der Waals surface area contributed by atoms with Gasteiger partial charge in [-0.15, -0.1) is 0 Å². The highest BCUT2D eigenvalue weighted by Gasteiger charge is 2.29. The minimum absolute atomic E-state index is 0.0640. The summed E-state index contributed by atoms with van der Waals surface area (Å²) in [6.07, 6.45) is 6.66. The molecular weight excluding hydrogens is 346 g/mol. The van der Waals surface area contributed by atoms with Crippen LogP contribution < -0.4 is 5.32 Å². The van der Waals surface area contributed by atoms with Gasteiger partial charge in [0, 0.05) is 19.6 Å². The summed E-state index contributed by atoms with van der Waals surface area (Å²) in [6.45, 7) is 6.00. The lowest BCUT2D eigenvalue weighted by molar-refractivity contribution is -0.149. The van der Waals surface area contributed by atoms with E-state index in [4.69, 9.17) is 9.15 Å². The van der Waals surface area contributed by atoms with Gasteiger partial charge in [-0.25, -0.2) is 4.79 Å². The highest BCUT2D eigenvalue weighted by atomic mass is 16.5. The number of urea groups is 1. The van der Waals surface area contributed by atoms with Gasteiger partial charge >= 0.3 is 12.0 Å². The Balaban J connectivity index is 1.50. The third-order valence-electron chi connectivity index (χ3n) is 5.55. The molecule has 2 fully saturated rings. The van der Waals surface area contributed by atoms with Crippen molar-refractivity contribution in [3.05, 3.63) is 24.2 Å². The highest BCUT2D eigenvalue weighted by Crippen LogP contribution is 2.25. The van der Waals surface area contributed by atoms with E-state index < -0.39 is 0 Å². The van der Waals surface area contributed by atoms with Crippen LogP contribution in [-0.2, 0) is 9.53 Å². The number of ether oxygens (including phenoxy) is 1. The van der Waals surface area contributed by atoms with Gasteiger partial charge in [0.1, 0.15) is 5.76 Å². The van der Waals surface area contributed by atoms with Gasteiger partial charge < -0.3 is 19.4 Å². The molecule has 1 unspecified atom stereocenters. The molecule has 0 aromatic carbocycles. The summed E-state index contributed by atoms with van der Waals surface area (Å²) in [6, 6.07) is 3.89. The molecule has 150 valence electrons. The number of furan rings is 1. The van der Waals surface area contributed by atoms with E-state index in [1.165, 1.54) is 19.3 Å². The molecule has 0 bridgehead atoms. The van der Waals surface area contributed by atoms with Crippen molar-refractivity contribution in [1.82, 2.24) is 15.1 Å². The molecule has 1 aromatic heterocycles. The van der Waals surface area contributed by atoms with Crippen molar-refractivity contribution in [3.63, 3.8) is 0 Å². The first kappa shape index (κ1) is 19.7. The third-order valence-corrected chi connectivity index (χ3v) is 5.55. The van der Waals surface area contributed by atoms with Crippen LogP contribution in [0.2, 0.25) is 0 Å². The minimum Gasteiger partial charge on any atom is -0.468 e. The molecule has 0 aliphatic carbocycles. The number of rotatable bonds is 6. The first-order chi connectivity index (χ1) is 13.2. The quantitative estimate of drug-likeness (QED) is 0.772. The summed E-state index contributed by atoms with van der Waals surface area (Å²) < 4.78 is 10.7. The molecule has 27 heavy (non-hydrogen) atoms. The van der Waals surface area contributed by atoms with Gasteiger partial charge in [-0.3, -0.25) is 9.69 Å². The molecule has 0 radical (unpaired) electrons. The summed E-state index contributed by atoms with van der Waals surface area (Å²) >= 11 is 0. The zero-order valence-corrected chi connectivity index (χ0v) is 16.2. The Morgan fingerprint density at radius 1 is 1.22 bits per heavy atom. The fourth-order valence-electron chi connectivity index (χ4n) is 3.99. The molecule has 2 saturated heterocycles. The molecule has 1 N–H and O–H groups in total. The highest BCUT2D eigenvalue weighted by molar-refractivity contribution is 5.76. The Bertz CT molecular complexity index is 590. The van der Waals surface area contributed by atoms with Crippen molar-refractivity contribution in [3.8, 4) is 0 Å². The van der Waals surface area contributed by atoms with E-state index in [0.717, 1.165) is 18.8 Å². The van der Waals surface area contributed by atoms with E-state index in [9.17, 15) is 9.59 Å². The number of likely N-dealkylation sites (tertiary alicyclic amines) is 2. The average molecular weight is 377 g/mol. The Morgan fingerprint density at radius 2 is 1.96 bits per heavy atom. The molecule has 3 rings (SSSR count). The van der Waals surface area contributed by atoms with Gasteiger partial charge in [0.05, 0.1) is 24.8 Å². The summed E-state index contributed by atoms with van der Waals surface area (Å²) in [7, 11) is 0. The van der Waals surface area contributed by atoms with Gasteiger partial charge in [-0.1, -0.05) is 6.42 Å². The van der Waals surface area contributed by atoms with Gasteiger partial charge in [0.25, 0.3) is 0 Å². The molecule has 0 saturated carbocycles. The lowest BCUT2D eigenvalue weighted by Crippen LogP contribution is -2.48. The van der Waals surface area contributed by atoms with Crippen LogP contribution in [0.1, 0.15) is 50.8 Å². The predicted octanol–water partition coefficient (Wildman–Crippen LogP) is 2.79. The summed E-state index contributed by atoms with van der Waals surface area (Å²) in [5.41, 5.74) is 0. The third kappa shape index (κ3) is 5.25. The number of carbonyl (C=O) groups is 2. The number of nitrogens with zero attached hydrogens (tertiary/aromatic N) is 2. The Kier molecular flexibility index (Phi) is 7.15. The molecule has 1 aromatic rings. The zero-order valence-electron chi connectivity index (χ0n) is 16.2. The lowest BCUT2D eigenvalue weighted by Gasteiger charge is -2.35. The largest absolute Gasteiger partial charge is 0.468 e. The molecular formula is C20H31N3O4. The van der Waals surface area contributed by atoms with E-state index in [1.54, 1.807) is 11.2 Å². The maximum Gasteiger partial charge on any atom is 0.317 e. The van der Waals surface area contributed by atoms with Crippen LogP contribution in [0.25, 0.3) is 0 Å². The number of amides is 2. The number of hydrogen-bond acceptors (Lipinski definition) is 5. The van der Waals surface area contributed by atoms with Crippen LogP contribution in [0.5, 0.6) is 0 Å². The molecule has 1 atom stereocenters. The molecule has 7 heteroatoms. The second kappa shape index (κ2) is 9.78. The van der Waals surface area contributed by atoms with E-state index in [0.29, 0.717) is 39.1 Å². The van der Waals surface area contributed by atoms with Crippen molar-refractivity contribution in [2.24, 2.45) is 5.92 Å². The number of nitrogens with one attached hydrogen (secondary N) is 1. The van der Waals surface area contributed by atoms with Gasteiger partial charge in [-0.2, -0.15) is 0 Å². The van der Waals surface area contributed by atoms with Crippen LogP contribution in [0.3, 0.4) is 0 Å². The molecule has 2 amide bonds. The van der Waals surface area contributed by atoms with Crippen molar-refractivity contribution in [1.29, 1.82) is 0 Å². The van der Waals surface area contributed by atoms with Crippen LogP contribution in [-0.4, -0.2) is 61.1 Å². The molecule has 2 aliphatic heterocycles. The fraction of sp³-hybridized carbons (Fsp3) is 0.700. The van der Waals surface area contributed by atoms with Gasteiger partial charge in [-0.05, 0) is 57.8 Å². The van der Waals surface area contributed by atoms with Crippen molar-refractivity contribution in [2.45, 2.75) is 45.1 Å². The van der Waals surface area contributed by atoms with Crippen molar-refractivity contribution in [2.75, 3.05) is 39.3 Å². The summed E-state index contributed by atoms with van der Waals surface area (Å²) in [4.78, 5) is 28.6. The van der Waals surface area contributed by atoms with Crippen LogP contribution in [0.4, 0.5) is 4.79 Å². The van der Waals surface area contributed by atoms with Crippen molar-refractivity contribution < 1.29 is 18.7 Å². The lowest BCUT2D eigenvalue weighted by atomic mass is 9.97. The normalized spacial score (nSPS) is 20.3. The number of hydrogen-bond donors (Lipinski definition) is 1. The Morgan fingerprint density at radius 3 is 2.59 bits per heavy atom. The minimum atomic E-state index is -0.138. The monoisotopic (exact) mass is 377 g/mol. The first-order valence-electron chi connectivity index (χ1n) is 10.2. The average Bonchev–Trinajstić information content (AvgIpc) is 3.23. The fourth-order valence-corrected chi connectivity index (χ4v) is 3.99. The number of piperidine rings is 2. The second-order valence-electron chi connectivity index (χ2n) is 7.33. The van der Waals surface area contributed by atoms with Crippen LogP contribution in [0, 0.1) is 5.92 Å². The smallest absolute Gasteiger partial charge is 0.317 e. The zero-order chi connectivity index (χ0) is 19.1. The van der Waals surface area contributed by atoms with E-state index in [1.807, 2.05) is 19.1 Å². The van der Waals surface area contributed by atoms with E-state index >= 15 is 0 Å². The topological polar surface area (TPSA) is 75.0 Å². The molecule has 2 aliphatic rings. The van der Waals surface area contributed by atoms with Crippen molar-refractivity contribution >= 4 is 12.0 Å². The van der Waals surface area contributed by atoms with Crippen LogP contribution in [0.15, 0.2) is 22.8 Å². The Labute approximate surface area is 161 Å². The molecule has 7 nitrogen and oxygen atoms in total. The van der Waals surface area contributed by atoms with Crippen LogP contribution >= 0.6 is 0 Å². The van der Waals surface area contributed by atoms with Gasteiger partial charge in [0.15, 0.2) is 0 Å². The predicted molar refractivity (Wildman–Crippen MR) is 101 cm³/mol. The standard InChI is InChI=1S/C20H31N3O4/c1-2-26-19(24)16-8-12-23(13-9-16)20(25)21-15-17(18-7-6-14-27-18)22-10-4-3-5-11-22/h6-7,14,16-17H,2-5,8-13,15H2,1H3,(H,21,25). The molecule has 3 heterocycles. The SMILES string of the molecule is CCOC(=O)C1CCN(C(=O)NCC(c2ccco2)N2CCCCC2)CC1. The second-order valence-corrected chi connectivity index (χ2v) is 7.33. The maximum atomic E-state index is 12.6. The van der Waals surface area contributed by atoms with E-state index in [2.05, 4.69) is 10.2 Å². The summed E-state index contributed by atoms with van der Waals surface area (Å²) in [5, 5.41) is 3.08. The number of carbonyl (C=O) groups excluding carboxylic acids is 2. The number of esters is 1. The van der Waals surface area contributed by atoms with E-state index in [-0.39, 0.29) is 24.0 Å². The summed E-state index contributed by atoms with van der Waals surface area (Å²) in [5.74, 6) is 0.678.